The molecule has 1 unspecified atom stereocenters. The van der Waals surface area contributed by atoms with Gasteiger partial charge in [-0.2, -0.15) is 0 Å². The van der Waals surface area contributed by atoms with Crippen molar-refractivity contribution in [1.82, 2.24) is 5.32 Å². The molecule has 0 aliphatic carbocycles. The van der Waals surface area contributed by atoms with Gasteiger partial charge in [-0.05, 0) is 45.0 Å². The van der Waals surface area contributed by atoms with Crippen LogP contribution in [0.5, 0.6) is 5.75 Å². The molecule has 20 heavy (non-hydrogen) atoms. The highest BCUT2D eigenvalue weighted by Gasteiger charge is 2.34. The third-order valence-electron chi connectivity index (χ3n) is 3.13. The van der Waals surface area contributed by atoms with E-state index in [4.69, 9.17) is 14.6 Å². The highest BCUT2D eigenvalue weighted by atomic mass is 16.5. The Kier molecular flexibility index (Phi) is 6.48. The van der Waals surface area contributed by atoms with Crippen molar-refractivity contribution in [3.63, 3.8) is 0 Å². The van der Waals surface area contributed by atoms with Gasteiger partial charge in [0.05, 0.1) is 6.61 Å². The predicted molar refractivity (Wildman–Crippen MR) is 76.8 cm³/mol. The molecule has 0 saturated heterocycles. The van der Waals surface area contributed by atoms with Crippen molar-refractivity contribution >= 4 is 5.97 Å². The van der Waals surface area contributed by atoms with Gasteiger partial charge in [0.2, 0.25) is 0 Å². The number of aliphatic hydroxyl groups is 1. The highest BCUT2D eigenvalue weighted by molar-refractivity contribution is 5.80. The van der Waals surface area contributed by atoms with Crippen molar-refractivity contribution in [3.05, 3.63) is 29.8 Å². The van der Waals surface area contributed by atoms with Crippen LogP contribution in [0.4, 0.5) is 0 Å². The van der Waals surface area contributed by atoms with Gasteiger partial charge < -0.3 is 19.9 Å². The summed E-state index contributed by atoms with van der Waals surface area (Å²) in [7, 11) is 1.70. The Bertz CT molecular complexity index is 418. The topological polar surface area (TPSA) is 67.8 Å². The van der Waals surface area contributed by atoms with E-state index >= 15 is 0 Å². The number of carbonyl (C=O) groups excluding carboxylic acids is 1. The first-order chi connectivity index (χ1) is 9.55. The molecular weight excluding hydrogens is 258 g/mol. The normalized spacial score (nSPS) is 13.6. The minimum Gasteiger partial charge on any atom is -0.491 e. The van der Waals surface area contributed by atoms with Crippen LogP contribution in [0.2, 0.25) is 0 Å². The largest absolute Gasteiger partial charge is 0.491 e. The molecule has 2 N–H and O–H groups in total. The molecular formula is C15H23NO4. The molecule has 5 heteroatoms. The third-order valence-corrected chi connectivity index (χ3v) is 3.13. The Morgan fingerprint density at radius 2 is 2.00 bits per heavy atom. The van der Waals surface area contributed by atoms with Crippen molar-refractivity contribution in [3.8, 4) is 5.75 Å². The lowest BCUT2D eigenvalue weighted by Gasteiger charge is -2.26. The second-order valence-corrected chi connectivity index (χ2v) is 4.71. The van der Waals surface area contributed by atoms with Crippen LogP contribution < -0.4 is 10.1 Å². The van der Waals surface area contributed by atoms with E-state index in [0.717, 1.165) is 5.56 Å². The molecule has 0 aromatic heterocycles. The zero-order valence-electron chi connectivity index (χ0n) is 12.3. The van der Waals surface area contributed by atoms with Gasteiger partial charge in [0.15, 0.2) is 0 Å². The maximum absolute atomic E-state index is 11.9. The lowest BCUT2D eigenvalue weighted by atomic mass is 10.1. The lowest BCUT2D eigenvalue weighted by molar-refractivity contribution is -0.151. The highest BCUT2D eigenvalue weighted by Crippen LogP contribution is 2.15. The van der Waals surface area contributed by atoms with E-state index in [1.165, 1.54) is 0 Å². The molecule has 1 rings (SSSR count). The summed E-state index contributed by atoms with van der Waals surface area (Å²) in [5.74, 6) is 0.344. The molecule has 0 bridgehead atoms. The number of aliphatic hydroxyl groups excluding tert-OH is 1. The molecule has 1 aromatic rings. The summed E-state index contributed by atoms with van der Waals surface area (Å²) >= 11 is 0. The van der Waals surface area contributed by atoms with E-state index in [0.29, 0.717) is 18.8 Å². The summed E-state index contributed by atoms with van der Waals surface area (Å²) in [6, 6.07) is 7.44. The summed E-state index contributed by atoms with van der Waals surface area (Å²) in [6.07, 6.45) is 0.622. The third kappa shape index (κ3) is 4.51. The summed E-state index contributed by atoms with van der Waals surface area (Å²) < 4.78 is 10.7. The van der Waals surface area contributed by atoms with Crippen molar-refractivity contribution in [2.24, 2.45) is 0 Å². The fourth-order valence-corrected chi connectivity index (χ4v) is 1.63. The van der Waals surface area contributed by atoms with Crippen molar-refractivity contribution in [1.29, 1.82) is 0 Å². The van der Waals surface area contributed by atoms with Crippen LogP contribution in [0.1, 0.15) is 19.4 Å². The number of nitrogens with one attached hydrogen (secondary N) is 1. The maximum atomic E-state index is 11.9. The van der Waals surface area contributed by atoms with Gasteiger partial charge in [-0.1, -0.05) is 12.1 Å². The number of benzene rings is 1. The molecule has 0 amide bonds. The SMILES string of the molecule is CCOC(=O)C(C)(COc1ccc(CCO)cc1)NC. The molecule has 0 spiro atoms. The minimum absolute atomic E-state index is 0.126. The summed E-state index contributed by atoms with van der Waals surface area (Å²) in [6.45, 7) is 4.16. The molecule has 0 radical (unpaired) electrons. The first-order valence-corrected chi connectivity index (χ1v) is 6.74. The molecule has 1 atom stereocenters. The van der Waals surface area contributed by atoms with Gasteiger partial charge in [-0.15, -0.1) is 0 Å². The first kappa shape index (κ1) is 16.5. The maximum Gasteiger partial charge on any atom is 0.329 e. The number of carbonyl (C=O) groups is 1. The van der Waals surface area contributed by atoms with Crippen molar-refractivity contribution in [2.75, 3.05) is 26.9 Å². The molecule has 0 aliphatic heterocycles. The smallest absolute Gasteiger partial charge is 0.329 e. The second-order valence-electron chi connectivity index (χ2n) is 4.71. The number of likely N-dealkylation sites (N-methyl/N-ethyl adjacent to an activating group) is 1. The Balaban J connectivity index is 2.61. The van der Waals surface area contributed by atoms with Crippen LogP contribution in [0, 0.1) is 0 Å². The van der Waals surface area contributed by atoms with Crippen LogP contribution in [-0.4, -0.2) is 43.5 Å². The second kappa shape index (κ2) is 7.87. The monoisotopic (exact) mass is 281 g/mol. The van der Waals surface area contributed by atoms with E-state index in [9.17, 15) is 4.79 Å². The van der Waals surface area contributed by atoms with Gasteiger partial charge >= 0.3 is 5.97 Å². The van der Waals surface area contributed by atoms with Crippen LogP contribution >= 0.6 is 0 Å². The quantitative estimate of drug-likeness (QED) is 0.699. The number of rotatable bonds is 8. The van der Waals surface area contributed by atoms with Crippen molar-refractivity contribution in [2.45, 2.75) is 25.8 Å². The van der Waals surface area contributed by atoms with E-state index < -0.39 is 5.54 Å². The molecule has 0 fully saturated rings. The average molecular weight is 281 g/mol. The average Bonchev–Trinajstić information content (AvgIpc) is 2.47. The van der Waals surface area contributed by atoms with E-state index in [2.05, 4.69) is 5.32 Å². The standard InChI is InChI=1S/C15H23NO4/c1-4-19-14(18)15(2,16-3)11-20-13-7-5-12(6-8-13)9-10-17/h5-8,16-17H,4,9-11H2,1-3H3. The van der Waals surface area contributed by atoms with Crippen LogP contribution in [0.25, 0.3) is 0 Å². The summed E-state index contributed by atoms with van der Waals surface area (Å²) in [5, 5.41) is 11.8. The summed E-state index contributed by atoms with van der Waals surface area (Å²) in [5.41, 5.74) is 0.168. The van der Waals surface area contributed by atoms with Crippen molar-refractivity contribution < 1.29 is 19.4 Å². The van der Waals surface area contributed by atoms with Crippen LogP contribution in [0.15, 0.2) is 24.3 Å². The van der Waals surface area contributed by atoms with Gasteiger partial charge in [0, 0.05) is 6.61 Å². The number of esters is 1. The molecule has 0 heterocycles. The lowest BCUT2D eigenvalue weighted by Crippen LogP contribution is -2.53. The van der Waals surface area contributed by atoms with Gasteiger partial charge in [0.25, 0.3) is 0 Å². The molecule has 1 aromatic carbocycles. The Morgan fingerprint density at radius 1 is 1.35 bits per heavy atom. The number of hydrogen-bond acceptors (Lipinski definition) is 5. The van der Waals surface area contributed by atoms with Gasteiger partial charge in [-0.3, -0.25) is 0 Å². The van der Waals surface area contributed by atoms with Crippen LogP contribution in [0.3, 0.4) is 0 Å². The minimum atomic E-state index is -0.875. The zero-order chi connectivity index (χ0) is 15.0. The number of ether oxygens (including phenoxy) is 2. The Morgan fingerprint density at radius 3 is 2.50 bits per heavy atom. The zero-order valence-corrected chi connectivity index (χ0v) is 12.3. The van der Waals surface area contributed by atoms with E-state index in [-0.39, 0.29) is 19.2 Å². The van der Waals surface area contributed by atoms with Gasteiger partial charge in [0.1, 0.15) is 17.9 Å². The van der Waals surface area contributed by atoms with E-state index in [1.54, 1.807) is 20.9 Å². The Hall–Kier alpha value is -1.59. The molecule has 0 saturated carbocycles. The fourth-order valence-electron chi connectivity index (χ4n) is 1.63. The predicted octanol–water partition coefficient (Wildman–Crippen LogP) is 1.14. The van der Waals surface area contributed by atoms with Gasteiger partial charge in [-0.25, -0.2) is 4.79 Å². The first-order valence-electron chi connectivity index (χ1n) is 6.74. The summed E-state index contributed by atoms with van der Waals surface area (Å²) in [4.78, 5) is 11.9. The molecule has 5 nitrogen and oxygen atoms in total. The molecule has 112 valence electrons. The van der Waals surface area contributed by atoms with E-state index in [1.807, 2.05) is 24.3 Å². The van der Waals surface area contributed by atoms with Crippen LogP contribution in [-0.2, 0) is 16.0 Å². The molecule has 0 aliphatic rings. The fraction of sp³-hybridized carbons (Fsp3) is 0.533. The number of hydrogen-bond donors (Lipinski definition) is 2. The Labute approximate surface area is 119 Å².